The summed E-state index contributed by atoms with van der Waals surface area (Å²) in [5, 5.41) is 3.72. The van der Waals surface area contributed by atoms with Crippen LogP contribution in [0.25, 0.3) is 16.5 Å². The number of amides is 1. The van der Waals surface area contributed by atoms with Crippen molar-refractivity contribution in [2.45, 2.75) is 26.2 Å². The summed E-state index contributed by atoms with van der Waals surface area (Å²) >= 11 is 0. The summed E-state index contributed by atoms with van der Waals surface area (Å²) in [5.41, 5.74) is -0.298. The normalized spacial score (nSPS) is 15.2. The summed E-state index contributed by atoms with van der Waals surface area (Å²) in [5.74, 6) is -1.16. The number of rotatable bonds is 6. The molecule has 1 saturated heterocycles. The Bertz CT molecular complexity index is 1180. The van der Waals surface area contributed by atoms with E-state index in [2.05, 4.69) is 17.1 Å². The molecule has 1 N–H and O–H groups in total. The lowest BCUT2D eigenvalue weighted by Gasteiger charge is -2.30. The molecule has 5 nitrogen and oxygen atoms in total. The largest absolute Gasteiger partial charge is 0.352 e. The fraction of sp³-hybridized carbons (Fsp3) is 0.360. The number of benzene rings is 2. The van der Waals surface area contributed by atoms with Gasteiger partial charge in [0.05, 0.1) is 11.3 Å². The fourth-order valence-electron chi connectivity index (χ4n) is 4.21. The van der Waals surface area contributed by atoms with E-state index in [1.165, 1.54) is 25.1 Å². The maximum Gasteiger partial charge on any atom is 0.263 e. The Hall–Kier alpha value is -3.06. The minimum Gasteiger partial charge on any atom is -0.352 e. The highest BCUT2D eigenvalue weighted by Crippen LogP contribution is 2.20. The molecule has 0 atom stereocenters. The van der Waals surface area contributed by atoms with Gasteiger partial charge in [-0.15, -0.1) is 0 Å². The van der Waals surface area contributed by atoms with Crippen LogP contribution in [0, 0.1) is 17.6 Å². The first kappa shape index (κ1) is 22.1. The Balaban J connectivity index is 1.55. The molecule has 3 aromatic rings. The number of likely N-dealkylation sites (tertiary alicyclic amines) is 1. The van der Waals surface area contributed by atoms with Gasteiger partial charge < -0.3 is 10.2 Å². The van der Waals surface area contributed by atoms with Crippen molar-refractivity contribution in [1.29, 1.82) is 0 Å². The van der Waals surface area contributed by atoms with Gasteiger partial charge in [0.2, 0.25) is 0 Å². The van der Waals surface area contributed by atoms with Crippen LogP contribution >= 0.6 is 0 Å². The number of piperidine rings is 1. The molecule has 2 aromatic carbocycles. The van der Waals surface area contributed by atoms with E-state index in [1.54, 1.807) is 24.3 Å². The van der Waals surface area contributed by atoms with Crippen LogP contribution in [0.3, 0.4) is 0 Å². The predicted octanol–water partition coefficient (Wildman–Crippen LogP) is 4.12. The van der Waals surface area contributed by atoms with Crippen LogP contribution in [0.2, 0.25) is 0 Å². The summed E-state index contributed by atoms with van der Waals surface area (Å²) in [4.78, 5) is 28.4. The third-order valence-corrected chi connectivity index (χ3v) is 6.15. The lowest BCUT2D eigenvalue weighted by atomic mass is 9.99. The van der Waals surface area contributed by atoms with E-state index in [4.69, 9.17) is 0 Å². The number of fused-ring (bicyclic) bond motifs is 1. The highest BCUT2D eigenvalue weighted by molar-refractivity contribution is 6.06. The number of aromatic nitrogens is 1. The zero-order valence-electron chi connectivity index (χ0n) is 18.1. The fourth-order valence-corrected chi connectivity index (χ4v) is 4.21. The van der Waals surface area contributed by atoms with Crippen LogP contribution in [0.15, 0.2) is 53.5 Å². The molecule has 1 aliphatic rings. The monoisotopic (exact) mass is 439 g/mol. The Morgan fingerprint density at radius 3 is 2.53 bits per heavy atom. The Morgan fingerprint density at radius 2 is 1.81 bits per heavy atom. The van der Waals surface area contributed by atoms with Crippen molar-refractivity contribution >= 4 is 16.7 Å². The summed E-state index contributed by atoms with van der Waals surface area (Å²) in [7, 11) is 0. The third kappa shape index (κ3) is 4.72. The molecule has 1 fully saturated rings. The van der Waals surface area contributed by atoms with E-state index in [-0.39, 0.29) is 17.2 Å². The van der Waals surface area contributed by atoms with Crippen LogP contribution in [0.4, 0.5) is 8.78 Å². The molecule has 168 valence electrons. The number of nitrogens with zero attached hydrogens (tertiary/aromatic N) is 2. The van der Waals surface area contributed by atoms with Crippen molar-refractivity contribution in [3.05, 3.63) is 76.2 Å². The molecule has 0 radical (unpaired) electrons. The first-order chi connectivity index (χ1) is 15.4. The second-order valence-corrected chi connectivity index (χ2v) is 8.49. The molecule has 32 heavy (non-hydrogen) atoms. The second-order valence-electron chi connectivity index (χ2n) is 8.49. The van der Waals surface area contributed by atoms with Crippen molar-refractivity contribution in [3.63, 3.8) is 0 Å². The summed E-state index contributed by atoms with van der Waals surface area (Å²) in [6, 6.07) is 9.74. The van der Waals surface area contributed by atoms with Crippen molar-refractivity contribution < 1.29 is 13.6 Å². The number of carbonyl (C=O) groups is 1. The Labute approximate surface area is 185 Å². The van der Waals surface area contributed by atoms with E-state index >= 15 is 0 Å². The molecule has 0 unspecified atom stereocenters. The topological polar surface area (TPSA) is 54.3 Å². The van der Waals surface area contributed by atoms with Gasteiger partial charge in [-0.1, -0.05) is 25.1 Å². The molecule has 0 bridgehead atoms. The highest BCUT2D eigenvalue weighted by Gasteiger charge is 2.18. The predicted molar refractivity (Wildman–Crippen MR) is 121 cm³/mol. The van der Waals surface area contributed by atoms with Crippen molar-refractivity contribution in [3.8, 4) is 5.69 Å². The number of carbonyl (C=O) groups excluding carboxylic acids is 1. The van der Waals surface area contributed by atoms with Crippen LogP contribution < -0.4 is 10.9 Å². The standard InChI is InChI=1S/C25H27F2N3O2/c1-17-9-13-29(14-10-17)12-4-11-28-24(31)21-16-30(23-8-7-18(26)15-22(23)27)25(32)20-6-3-2-5-19(20)21/h2-3,5-8,15-17H,4,9-14H2,1H3,(H,28,31). The molecule has 1 aromatic heterocycles. The van der Waals surface area contributed by atoms with E-state index in [0.717, 1.165) is 48.7 Å². The second kappa shape index (κ2) is 9.61. The Kier molecular flexibility index (Phi) is 6.65. The number of halogens is 2. The first-order valence-electron chi connectivity index (χ1n) is 11.0. The molecule has 1 amide bonds. The van der Waals surface area contributed by atoms with Gasteiger partial charge in [-0.2, -0.15) is 0 Å². The van der Waals surface area contributed by atoms with Gasteiger partial charge in [-0.25, -0.2) is 8.78 Å². The van der Waals surface area contributed by atoms with Crippen LogP contribution in [0.1, 0.15) is 36.5 Å². The zero-order valence-corrected chi connectivity index (χ0v) is 18.1. The minimum absolute atomic E-state index is 0.101. The average Bonchev–Trinajstić information content (AvgIpc) is 2.79. The number of nitrogens with one attached hydrogen (secondary N) is 1. The quantitative estimate of drug-likeness (QED) is 0.588. The molecule has 1 aliphatic heterocycles. The minimum atomic E-state index is -0.871. The summed E-state index contributed by atoms with van der Waals surface area (Å²) in [6.07, 6.45) is 4.58. The van der Waals surface area contributed by atoms with Gasteiger partial charge >= 0.3 is 0 Å². The summed E-state index contributed by atoms with van der Waals surface area (Å²) in [6.45, 7) is 5.89. The van der Waals surface area contributed by atoms with Crippen molar-refractivity contribution in [2.24, 2.45) is 5.92 Å². The lowest BCUT2D eigenvalue weighted by Crippen LogP contribution is -2.35. The van der Waals surface area contributed by atoms with Gasteiger partial charge in [0.1, 0.15) is 11.6 Å². The van der Waals surface area contributed by atoms with Gasteiger partial charge in [0, 0.05) is 29.6 Å². The van der Waals surface area contributed by atoms with Gasteiger partial charge in [0.15, 0.2) is 0 Å². The Morgan fingerprint density at radius 1 is 1.09 bits per heavy atom. The molecule has 7 heteroatoms. The van der Waals surface area contributed by atoms with Crippen LogP contribution in [-0.4, -0.2) is 41.6 Å². The average molecular weight is 440 g/mol. The van der Waals surface area contributed by atoms with Gasteiger partial charge in [0.25, 0.3) is 11.5 Å². The van der Waals surface area contributed by atoms with Crippen LogP contribution in [-0.2, 0) is 0 Å². The molecular formula is C25H27F2N3O2. The lowest BCUT2D eigenvalue weighted by molar-refractivity contribution is 0.0951. The number of hydrogen-bond donors (Lipinski definition) is 1. The SMILES string of the molecule is CC1CCN(CCCNC(=O)c2cn(-c3ccc(F)cc3F)c(=O)c3ccccc23)CC1. The molecule has 2 heterocycles. The molecule has 4 rings (SSSR count). The first-order valence-corrected chi connectivity index (χ1v) is 11.0. The summed E-state index contributed by atoms with van der Waals surface area (Å²) < 4.78 is 28.8. The van der Waals surface area contributed by atoms with E-state index < -0.39 is 17.2 Å². The van der Waals surface area contributed by atoms with Crippen molar-refractivity contribution in [2.75, 3.05) is 26.2 Å². The molecule has 0 aliphatic carbocycles. The smallest absolute Gasteiger partial charge is 0.263 e. The number of pyridine rings is 1. The van der Waals surface area contributed by atoms with Crippen LogP contribution in [0.5, 0.6) is 0 Å². The highest BCUT2D eigenvalue weighted by atomic mass is 19.1. The molecular weight excluding hydrogens is 412 g/mol. The third-order valence-electron chi connectivity index (χ3n) is 6.15. The van der Waals surface area contributed by atoms with Gasteiger partial charge in [-0.05, 0) is 63.0 Å². The molecule has 0 saturated carbocycles. The number of hydrogen-bond acceptors (Lipinski definition) is 3. The maximum atomic E-state index is 14.4. The maximum absolute atomic E-state index is 14.4. The van der Waals surface area contributed by atoms with E-state index in [1.807, 2.05) is 0 Å². The van der Waals surface area contributed by atoms with Crippen molar-refractivity contribution in [1.82, 2.24) is 14.8 Å². The van der Waals surface area contributed by atoms with Gasteiger partial charge in [-0.3, -0.25) is 14.2 Å². The van der Waals surface area contributed by atoms with E-state index in [9.17, 15) is 18.4 Å². The van der Waals surface area contributed by atoms with E-state index in [0.29, 0.717) is 17.3 Å². The molecule has 0 spiro atoms. The zero-order chi connectivity index (χ0) is 22.7.